The van der Waals surface area contributed by atoms with Gasteiger partial charge in [0, 0.05) is 6.04 Å². The molecule has 0 spiro atoms. The van der Waals surface area contributed by atoms with Crippen molar-refractivity contribution < 1.29 is 0 Å². The van der Waals surface area contributed by atoms with E-state index in [1.807, 2.05) is 0 Å². The van der Waals surface area contributed by atoms with Gasteiger partial charge in [-0.2, -0.15) is 0 Å². The molecule has 1 unspecified atom stereocenters. The molecule has 0 amide bonds. The number of hydrogen-bond donors (Lipinski definition) is 1. The molecule has 0 radical (unpaired) electrons. The van der Waals surface area contributed by atoms with E-state index in [0.29, 0.717) is 0 Å². The quantitative estimate of drug-likeness (QED) is 0.806. The molecule has 2 aliphatic rings. The van der Waals surface area contributed by atoms with E-state index in [1.54, 1.807) is 16.7 Å². The van der Waals surface area contributed by atoms with Gasteiger partial charge >= 0.3 is 0 Å². The predicted molar refractivity (Wildman–Crippen MR) is 77.0 cm³/mol. The molecule has 98 valence electrons. The summed E-state index contributed by atoms with van der Waals surface area (Å²) in [6.45, 7) is 0. The van der Waals surface area contributed by atoms with Crippen molar-refractivity contribution in [2.45, 2.75) is 57.4 Å². The first kappa shape index (κ1) is 12.2. The topological polar surface area (TPSA) is 12.0 Å². The fourth-order valence-corrected chi connectivity index (χ4v) is 3.42. The lowest BCUT2D eigenvalue weighted by atomic mass is 9.99. The first-order chi connectivity index (χ1) is 8.86. The molecule has 1 aromatic carbocycles. The summed E-state index contributed by atoms with van der Waals surface area (Å²) in [5.74, 6) is 0.982. The van der Waals surface area contributed by atoms with Gasteiger partial charge in [0.2, 0.25) is 0 Å². The van der Waals surface area contributed by atoms with Crippen LogP contribution in [0.15, 0.2) is 18.2 Å². The summed E-state index contributed by atoms with van der Waals surface area (Å²) in [4.78, 5) is 0. The largest absolute Gasteiger partial charge is 0.317 e. The van der Waals surface area contributed by atoms with E-state index in [4.69, 9.17) is 0 Å². The Labute approximate surface area is 111 Å². The van der Waals surface area contributed by atoms with Gasteiger partial charge in [-0.15, -0.1) is 0 Å². The van der Waals surface area contributed by atoms with Gasteiger partial charge in [0.1, 0.15) is 0 Å². The van der Waals surface area contributed by atoms with Crippen molar-refractivity contribution in [1.82, 2.24) is 5.32 Å². The molecule has 2 aliphatic carbocycles. The van der Waals surface area contributed by atoms with E-state index in [9.17, 15) is 0 Å². The molecule has 1 N–H and O–H groups in total. The van der Waals surface area contributed by atoms with Crippen LogP contribution in [0.25, 0.3) is 0 Å². The predicted octanol–water partition coefficient (Wildman–Crippen LogP) is 3.50. The van der Waals surface area contributed by atoms with Gasteiger partial charge in [-0.25, -0.2) is 0 Å². The van der Waals surface area contributed by atoms with Crippen LogP contribution in [0.3, 0.4) is 0 Å². The molecular weight excluding hydrogens is 218 g/mol. The summed E-state index contributed by atoms with van der Waals surface area (Å²) in [5.41, 5.74) is 4.78. The van der Waals surface area contributed by atoms with Gasteiger partial charge in [-0.3, -0.25) is 0 Å². The Morgan fingerprint density at radius 2 is 2.06 bits per heavy atom. The van der Waals surface area contributed by atoms with Gasteiger partial charge in [0.25, 0.3) is 0 Å². The average Bonchev–Trinajstić information content (AvgIpc) is 3.12. The summed E-state index contributed by atoms with van der Waals surface area (Å²) in [5, 5.41) is 3.49. The summed E-state index contributed by atoms with van der Waals surface area (Å²) in [6, 6.07) is 7.97. The zero-order chi connectivity index (χ0) is 12.4. The van der Waals surface area contributed by atoms with Crippen molar-refractivity contribution in [1.29, 1.82) is 0 Å². The molecule has 0 saturated heterocycles. The van der Waals surface area contributed by atoms with Crippen molar-refractivity contribution in [3.63, 3.8) is 0 Å². The number of aryl methyl sites for hydroxylation is 3. The minimum atomic E-state index is 0.777. The first-order valence-electron chi connectivity index (χ1n) is 7.65. The van der Waals surface area contributed by atoms with Gasteiger partial charge in [0.15, 0.2) is 0 Å². The van der Waals surface area contributed by atoms with Crippen molar-refractivity contribution in [3.05, 3.63) is 34.9 Å². The van der Waals surface area contributed by atoms with Crippen molar-refractivity contribution >= 4 is 0 Å². The Hall–Kier alpha value is -0.820. The van der Waals surface area contributed by atoms with Crippen LogP contribution in [-0.2, 0) is 19.3 Å². The van der Waals surface area contributed by atoms with Crippen LogP contribution in [0.1, 0.15) is 48.8 Å². The zero-order valence-corrected chi connectivity index (χ0v) is 11.5. The molecule has 1 fully saturated rings. The summed E-state index contributed by atoms with van der Waals surface area (Å²) in [6.07, 6.45) is 10.8. The van der Waals surface area contributed by atoms with Crippen molar-refractivity contribution in [2.75, 3.05) is 7.05 Å². The number of benzene rings is 1. The third kappa shape index (κ3) is 2.77. The third-order valence-electron chi connectivity index (χ3n) is 4.71. The fraction of sp³-hybridized carbons (Fsp3) is 0.647. The number of nitrogens with one attached hydrogen (secondary N) is 1. The lowest BCUT2D eigenvalue weighted by molar-refractivity contribution is 0.456. The van der Waals surface area contributed by atoms with Crippen LogP contribution in [0, 0.1) is 5.92 Å². The van der Waals surface area contributed by atoms with Gasteiger partial charge in [-0.1, -0.05) is 18.2 Å². The monoisotopic (exact) mass is 243 g/mol. The highest BCUT2D eigenvalue weighted by Gasteiger charge is 2.29. The molecule has 1 saturated carbocycles. The van der Waals surface area contributed by atoms with Gasteiger partial charge in [-0.05, 0) is 81.0 Å². The van der Waals surface area contributed by atoms with Crippen LogP contribution in [0.2, 0.25) is 0 Å². The normalized spacial score (nSPS) is 19.8. The Morgan fingerprint density at radius 3 is 2.83 bits per heavy atom. The highest BCUT2D eigenvalue weighted by atomic mass is 14.9. The summed E-state index contributed by atoms with van der Waals surface area (Å²) < 4.78 is 0. The zero-order valence-electron chi connectivity index (χ0n) is 11.5. The molecular formula is C17H25N. The van der Waals surface area contributed by atoms with E-state index in [1.165, 1.54) is 51.4 Å². The minimum absolute atomic E-state index is 0.777. The Kier molecular flexibility index (Phi) is 3.69. The van der Waals surface area contributed by atoms with Crippen LogP contribution in [-0.4, -0.2) is 13.1 Å². The van der Waals surface area contributed by atoms with Crippen LogP contribution < -0.4 is 5.32 Å². The summed E-state index contributed by atoms with van der Waals surface area (Å²) >= 11 is 0. The molecule has 1 atom stereocenters. The second-order valence-corrected chi connectivity index (χ2v) is 6.08. The summed E-state index contributed by atoms with van der Waals surface area (Å²) in [7, 11) is 2.12. The van der Waals surface area contributed by atoms with E-state index >= 15 is 0 Å². The second-order valence-electron chi connectivity index (χ2n) is 6.08. The lowest BCUT2D eigenvalue weighted by Crippen LogP contribution is -2.27. The number of rotatable bonds is 6. The minimum Gasteiger partial charge on any atom is -0.317 e. The van der Waals surface area contributed by atoms with E-state index in [2.05, 4.69) is 30.6 Å². The van der Waals surface area contributed by atoms with Crippen LogP contribution >= 0.6 is 0 Å². The van der Waals surface area contributed by atoms with Crippen LogP contribution in [0.5, 0.6) is 0 Å². The van der Waals surface area contributed by atoms with Crippen LogP contribution in [0.4, 0.5) is 0 Å². The van der Waals surface area contributed by atoms with Crippen molar-refractivity contribution in [2.24, 2.45) is 5.92 Å². The fourth-order valence-electron chi connectivity index (χ4n) is 3.42. The van der Waals surface area contributed by atoms with E-state index in [0.717, 1.165) is 12.0 Å². The maximum atomic E-state index is 3.49. The highest BCUT2D eigenvalue weighted by molar-refractivity contribution is 5.35. The smallest absolute Gasteiger partial charge is 0.00924 e. The maximum absolute atomic E-state index is 3.49. The average molecular weight is 243 g/mol. The molecule has 0 aliphatic heterocycles. The van der Waals surface area contributed by atoms with E-state index in [-0.39, 0.29) is 0 Å². The van der Waals surface area contributed by atoms with E-state index < -0.39 is 0 Å². The Bertz CT molecular complexity index is 406. The van der Waals surface area contributed by atoms with Gasteiger partial charge < -0.3 is 5.32 Å². The molecule has 18 heavy (non-hydrogen) atoms. The maximum Gasteiger partial charge on any atom is 0.00924 e. The van der Waals surface area contributed by atoms with Crippen molar-refractivity contribution in [3.8, 4) is 0 Å². The SMILES string of the molecule is CNC(CCCc1ccc2c(c1)CCC2)C1CC1. The third-order valence-corrected chi connectivity index (χ3v) is 4.71. The molecule has 3 rings (SSSR count). The Morgan fingerprint density at radius 1 is 1.22 bits per heavy atom. The molecule has 0 heterocycles. The molecule has 1 heteroatoms. The molecule has 1 nitrogen and oxygen atoms in total. The number of hydrogen-bond acceptors (Lipinski definition) is 1. The second kappa shape index (κ2) is 5.44. The Balaban J connectivity index is 1.50. The molecule has 1 aromatic rings. The van der Waals surface area contributed by atoms with Gasteiger partial charge in [0.05, 0.1) is 0 Å². The standard InChI is InChI=1S/C17H25N/c1-18-17(15-10-11-15)7-2-4-13-8-9-14-5-3-6-16(14)12-13/h8-9,12,15,17-18H,2-7,10-11H2,1H3. The lowest BCUT2D eigenvalue weighted by Gasteiger charge is -2.15. The molecule has 0 bridgehead atoms. The molecule has 0 aromatic heterocycles. The highest BCUT2D eigenvalue weighted by Crippen LogP contribution is 2.34. The number of fused-ring (bicyclic) bond motifs is 1. The first-order valence-corrected chi connectivity index (χ1v) is 7.65.